The quantitative estimate of drug-likeness (QED) is 0.337. The van der Waals surface area contributed by atoms with E-state index in [4.69, 9.17) is 18.9 Å². The largest absolute Gasteiger partial charge is 0.490 e. The van der Waals surface area contributed by atoms with E-state index in [2.05, 4.69) is 26.0 Å². The Hall–Kier alpha value is -4.65. The molecule has 10 nitrogen and oxygen atoms in total. The van der Waals surface area contributed by atoms with Crippen molar-refractivity contribution in [1.82, 2.24) is 19.9 Å². The number of carbonyl (C=O) groups is 1. The smallest absolute Gasteiger partial charge is 0.338 e. The van der Waals surface area contributed by atoms with E-state index in [0.29, 0.717) is 46.2 Å². The number of carbonyl (C=O) groups excluding carboxylic acids is 1. The van der Waals surface area contributed by atoms with E-state index in [1.54, 1.807) is 70.2 Å². The molecule has 0 aliphatic carbocycles. The lowest BCUT2D eigenvalue weighted by atomic mass is 10.1. The number of nitrogens with zero attached hydrogens (tertiary/aromatic N) is 4. The summed E-state index contributed by atoms with van der Waals surface area (Å²) in [4.78, 5) is 28.7. The molecule has 0 bridgehead atoms. The van der Waals surface area contributed by atoms with Crippen molar-refractivity contribution in [3.63, 3.8) is 0 Å². The van der Waals surface area contributed by atoms with Gasteiger partial charge in [0.2, 0.25) is 0 Å². The van der Waals surface area contributed by atoms with Crippen LogP contribution < -0.4 is 14.2 Å². The third-order valence-electron chi connectivity index (χ3n) is 4.67. The molecule has 0 spiro atoms. The number of aromatic amines is 1. The Balaban J connectivity index is 1.70. The lowest BCUT2D eigenvalue weighted by Gasteiger charge is -2.19. The minimum atomic E-state index is -0.629. The van der Waals surface area contributed by atoms with E-state index < -0.39 is 11.6 Å². The zero-order valence-corrected chi connectivity index (χ0v) is 20.6. The lowest BCUT2D eigenvalue weighted by Crippen LogP contribution is -2.23. The van der Waals surface area contributed by atoms with Crippen molar-refractivity contribution < 1.29 is 23.7 Å². The molecule has 0 aliphatic heterocycles. The highest BCUT2D eigenvalue weighted by molar-refractivity contribution is 5.90. The molecule has 2 heterocycles. The maximum Gasteiger partial charge on any atom is 0.338 e. The summed E-state index contributed by atoms with van der Waals surface area (Å²) in [5.74, 6) is 1.35. The number of aryl methyl sites for hydroxylation is 1. The number of nitriles is 1. The van der Waals surface area contributed by atoms with Gasteiger partial charge in [0.1, 0.15) is 22.7 Å². The van der Waals surface area contributed by atoms with Crippen LogP contribution in [0.1, 0.15) is 49.4 Å². The minimum absolute atomic E-state index is 0.0525. The first-order valence-corrected chi connectivity index (χ1v) is 11.3. The topological polar surface area (TPSA) is 132 Å². The summed E-state index contributed by atoms with van der Waals surface area (Å²) in [6, 6.07) is 13.4. The normalized spacial score (nSPS) is 11.1. The van der Waals surface area contributed by atoms with Crippen LogP contribution in [0, 0.1) is 18.3 Å². The number of imidazole rings is 1. The average molecular weight is 488 g/mol. The highest BCUT2D eigenvalue weighted by atomic mass is 16.6. The Morgan fingerprint density at radius 2 is 1.86 bits per heavy atom. The van der Waals surface area contributed by atoms with Gasteiger partial charge in [0.25, 0.3) is 5.88 Å². The molecule has 0 atom stereocenters. The van der Waals surface area contributed by atoms with E-state index in [1.165, 1.54) is 0 Å². The van der Waals surface area contributed by atoms with E-state index >= 15 is 0 Å². The van der Waals surface area contributed by atoms with Crippen LogP contribution in [-0.4, -0.2) is 38.1 Å². The van der Waals surface area contributed by atoms with Crippen molar-refractivity contribution >= 4 is 17.1 Å². The summed E-state index contributed by atoms with van der Waals surface area (Å²) < 4.78 is 23.0. The van der Waals surface area contributed by atoms with E-state index in [1.807, 2.05) is 6.92 Å². The lowest BCUT2D eigenvalue weighted by molar-refractivity contribution is 0.00691. The number of aromatic nitrogens is 4. The fourth-order valence-corrected chi connectivity index (χ4v) is 3.25. The van der Waals surface area contributed by atoms with Crippen LogP contribution in [0.4, 0.5) is 0 Å². The number of fused-ring (bicyclic) bond motifs is 1. The van der Waals surface area contributed by atoms with Gasteiger partial charge in [-0.2, -0.15) is 15.2 Å². The summed E-state index contributed by atoms with van der Waals surface area (Å²) in [6.07, 6.45) is 0. The molecule has 0 aliphatic rings. The highest BCUT2D eigenvalue weighted by Gasteiger charge is 2.20. The van der Waals surface area contributed by atoms with Crippen LogP contribution in [0.5, 0.6) is 29.1 Å². The number of hydrogen-bond acceptors (Lipinski definition) is 9. The van der Waals surface area contributed by atoms with Crippen LogP contribution in [-0.2, 0) is 4.74 Å². The van der Waals surface area contributed by atoms with Crippen LogP contribution in [0.3, 0.4) is 0 Å². The van der Waals surface area contributed by atoms with Gasteiger partial charge in [-0.3, -0.25) is 0 Å². The Morgan fingerprint density at radius 1 is 1.06 bits per heavy atom. The molecule has 2 aromatic heterocycles. The average Bonchev–Trinajstić information content (AvgIpc) is 3.20. The van der Waals surface area contributed by atoms with Gasteiger partial charge in [0.15, 0.2) is 17.1 Å². The number of rotatable bonds is 7. The van der Waals surface area contributed by atoms with Gasteiger partial charge in [-0.25, -0.2) is 9.78 Å². The maximum absolute atomic E-state index is 12.5. The van der Waals surface area contributed by atoms with E-state index in [-0.39, 0.29) is 17.6 Å². The second kappa shape index (κ2) is 9.92. The summed E-state index contributed by atoms with van der Waals surface area (Å²) in [5, 5.41) is 9.28. The van der Waals surface area contributed by atoms with Crippen molar-refractivity contribution in [2.24, 2.45) is 0 Å². The molecule has 0 saturated carbocycles. The second-order valence-electron chi connectivity index (χ2n) is 8.77. The van der Waals surface area contributed by atoms with Crippen molar-refractivity contribution in [3.8, 4) is 35.2 Å². The zero-order chi connectivity index (χ0) is 25.9. The van der Waals surface area contributed by atoms with Gasteiger partial charge in [-0.05, 0) is 65.0 Å². The number of nitrogens with one attached hydrogen (secondary N) is 1. The molecule has 36 heavy (non-hydrogen) atoms. The van der Waals surface area contributed by atoms with Crippen LogP contribution in [0.2, 0.25) is 0 Å². The highest BCUT2D eigenvalue weighted by Crippen LogP contribution is 2.34. The predicted molar refractivity (Wildman–Crippen MR) is 131 cm³/mol. The molecule has 10 heteroatoms. The number of esters is 1. The van der Waals surface area contributed by atoms with Gasteiger partial charge in [0, 0.05) is 6.07 Å². The van der Waals surface area contributed by atoms with Gasteiger partial charge in [-0.15, -0.1) is 0 Å². The Morgan fingerprint density at radius 3 is 2.58 bits per heavy atom. The zero-order valence-electron chi connectivity index (χ0n) is 20.6. The standard InChI is InChI=1S/C26H25N5O5/c1-6-33-19-11-10-16(14-27)12-20(19)35-25-30-22-21(28-15(2)29-22)23(31-25)34-18-9-7-8-17(13-18)24(32)36-26(3,4)5/h7-13H,6H2,1-5H3,(H,28,29,30,31). The third kappa shape index (κ3) is 5.70. The number of benzene rings is 2. The molecule has 4 aromatic rings. The Labute approximate surface area is 207 Å². The van der Waals surface area contributed by atoms with Crippen LogP contribution in [0.25, 0.3) is 11.2 Å². The van der Waals surface area contributed by atoms with Crippen molar-refractivity contribution in [1.29, 1.82) is 5.26 Å². The SMILES string of the molecule is CCOc1ccc(C#N)cc1Oc1nc(Oc2cccc(C(=O)OC(C)(C)C)c2)c2[nH]c(C)nc2n1. The molecule has 0 fully saturated rings. The molecular formula is C26H25N5O5. The van der Waals surface area contributed by atoms with Crippen molar-refractivity contribution in [2.45, 2.75) is 40.2 Å². The summed E-state index contributed by atoms with van der Waals surface area (Å²) in [6.45, 7) is 9.42. The minimum Gasteiger partial charge on any atom is -0.490 e. The first kappa shape index (κ1) is 24.5. The fourth-order valence-electron chi connectivity index (χ4n) is 3.25. The predicted octanol–water partition coefficient (Wildman–Crippen LogP) is 5.47. The van der Waals surface area contributed by atoms with Gasteiger partial charge in [0.05, 0.1) is 23.8 Å². The molecular weight excluding hydrogens is 462 g/mol. The monoisotopic (exact) mass is 487 g/mol. The third-order valence-corrected chi connectivity index (χ3v) is 4.67. The molecule has 184 valence electrons. The van der Waals surface area contributed by atoms with Crippen LogP contribution >= 0.6 is 0 Å². The fraction of sp³-hybridized carbons (Fsp3) is 0.269. The maximum atomic E-state index is 12.5. The summed E-state index contributed by atoms with van der Waals surface area (Å²) >= 11 is 0. The molecule has 2 aromatic carbocycles. The number of ether oxygens (including phenoxy) is 4. The van der Waals surface area contributed by atoms with Crippen molar-refractivity contribution in [2.75, 3.05) is 6.61 Å². The summed E-state index contributed by atoms with van der Waals surface area (Å²) in [7, 11) is 0. The van der Waals surface area contributed by atoms with Gasteiger partial charge >= 0.3 is 12.0 Å². The molecule has 0 radical (unpaired) electrons. The molecule has 0 amide bonds. The number of H-pyrrole nitrogens is 1. The van der Waals surface area contributed by atoms with Gasteiger partial charge in [-0.1, -0.05) is 6.07 Å². The molecule has 1 N–H and O–H groups in total. The van der Waals surface area contributed by atoms with Gasteiger partial charge < -0.3 is 23.9 Å². The molecule has 4 rings (SSSR count). The molecule has 0 unspecified atom stereocenters. The summed E-state index contributed by atoms with van der Waals surface area (Å²) in [5.41, 5.74) is 0.874. The van der Waals surface area contributed by atoms with E-state index in [9.17, 15) is 10.1 Å². The van der Waals surface area contributed by atoms with Crippen molar-refractivity contribution in [3.05, 3.63) is 59.4 Å². The second-order valence-corrected chi connectivity index (χ2v) is 8.77. The molecule has 0 saturated heterocycles. The Bertz CT molecular complexity index is 1470. The first-order valence-electron chi connectivity index (χ1n) is 11.3. The first-order chi connectivity index (χ1) is 17.1. The van der Waals surface area contributed by atoms with Crippen LogP contribution in [0.15, 0.2) is 42.5 Å². The number of hydrogen-bond donors (Lipinski definition) is 1. The Kier molecular flexibility index (Phi) is 6.74. The van der Waals surface area contributed by atoms with E-state index in [0.717, 1.165) is 0 Å².